The summed E-state index contributed by atoms with van der Waals surface area (Å²) < 4.78 is 0. The van der Waals surface area contributed by atoms with Gasteiger partial charge in [0.05, 0.1) is 17.1 Å². The minimum Gasteiger partial charge on any atom is -0.370 e. The third kappa shape index (κ3) is 4.58. The van der Waals surface area contributed by atoms with E-state index in [-0.39, 0.29) is 10.6 Å². The highest BCUT2D eigenvalue weighted by molar-refractivity contribution is 5.54. The predicted octanol–water partition coefficient (Wildman–Crippen LogP) is 3.66. The number of nitrogens with zero attached hydrogens (tertiary/aromatic N) is 2. The Morgan fingerprint density at radius 1 is 1.33 bits per heavy atom. The number of hydrogen-bond acceptors (Lipinski definition) is 5. The maximum atomic E-state index is 11.0. The van der Waals surface area contributed by atoms with E-state index in [1.807, 2.05) is 6.92 Å². The summed E-state index contributed by atoms with van der Waals surface area (Å²) in [6, 6.07) is 2.99. The van der Waals surface area contributed by atoms with Crippen molar-refractivity contribution in [2.24, 2.45) is 11.8 Å². The third-order valence-corrected chi connectivity index (χ3v) is 3.95. The van der Waals surface area contributed by atoms with Gasteiger partial charge in [0.1, 0.15) is 11.6 Å². The zero-order valence-corrected chi connectivity index (χ0v) is 12.8. The zero-order chi connectivity index (χ0) is 15.2. The second-order valence-corrected chi connectivity index (χ2v) is 5.94. The topological polar surface area (TPSA) is 80.1 Å². The Bertz CT molecular complexity index is 493. The maximum Gasteiger partial charge on any atom is 0.276 e. The standard InChI is InChI=1S/C15H24N4O2/c1-3-6-16-14-8-13(19(20)21)9-15(18-14)17-10-12-5-4-11(2)7-12/h8-9,11-12H,3-7,10H2,1-2H3,(H2,16,17,18). The summed E-state index contributed by atoms with van der Waals surface area (Å²) in [5, 5.41) is 17.4. The van der Waals surface area contributed by atoms with Crippen LogP contribution in [0.15, 0.2) is 12.1 Å². The summed E-state index contributed by atoms with van der Waals surface area (Å²) in [6.07, 6.45) is 4.68. The quantitative estimate of drug-likeness (QED) is 0.592. The van der Waals surface area contributed by atoms with Crippen LogP contribution < -0.4 is 10.6 Å². The third-order valence-electron chi connectivity index (χ3n) is 3.95. The molecule has 2 unspecified atom stereocenters. The normalized spacial score (nSPS) is 21.2. The second kappa shape index (κ2) is 7.24. The fraction of sp³-hybridized carbons (Fsp3) is 0.667. The molecule has 0 saturated heterocycles. The van der Waals surface area contributed by atoms with Crippen molar-refractivity contribution in [2.45, 2.75) is 39.5 Å². The number of aromatic nitrogens is 1. The molecule has 0 amide bonds. The summed E-state index contributed by atoms with van der Waals surface area (Å²) in [6.45, 7) is 5.92. The first kappa shape index (κ1) is 15.5. The molecule has 2 N–H and O–H groups in total. The highest BCUT2D eigenvalue weighted by Gasteiger charge is 2.21. The molecule has 6 nitrogen and oxygen atoms in total. The van der Waals surface area contributed by atoms with Gasteiger partial charge in [-0.3, -0.25) is 10.1 Å². The highest BCUT2D eigenvalue weighted by atomic mass is 16.6. The lowest BCUT2D eigenvalue weighted by Gasteiger charge is -2.13. The van der Waals surface area contributed by atoms with Gasteiger partial charge in [-0.2, -0.15) is 0 Å². The van der Waals surface area contributed by atoms with Crippen molar-refractivity contribution in [3.05, 3.63) is 22.2 Å². The average Bonchev–Trinajstić information content (AvgIpc) is 2.88. The van der Waals surface area contributed by atoms with Crippen LogP contribution in [0.3, 0.4) is 0 Å². The van der Waals surface area contributed by atoms with E-state index in [0.29, 0.717) is 17.6 Å². The molecule has 1 aromatic heterocycles. The van der Waals surface area contributed by atoms with Gasteiger partial charge in [-0.25, -0.2) is 4.98 Å². The Morgan fingerprint density at radius 3 is 2.62 bits per heavy atom. The lowest BCUT2D eigenvalue weighted by atomic mass is 10.1. The molecule has 1 aliphatic rings. The first-order chi connectivity index (χ1) is 10.1. The molecule has 0 bridgehead atoms. The summed E-state index contributed by atoms with van der Waals surface area (Å²) in [5.41, 5.74) is 0.0749. The summed E-state index contributed by atoms with van der Waals surface area (Å²) in [5.74, 6) is 2.58. The van der Waals surface area contributed by atoms with Gasteiger partial charge in [0, 0.05) is 13.1 Å². The Morgan fingerprint density at radius 2 is 2.05 bits per heavy atom. The van der Waals surface area contributed by atoms with Gasteiger partial charge in [-0.1, -0.05) is 20.3 Å². The number of hydrogen-bond donors (Lipinski definition) is 2. The largest absolute Gasteiger partial charge is 0.370 e. The van der Waals surface area contributed by atoms with E-state index < -0.39 is 0 Å². The molecule has 0 aromatic carbocycles. The maximum absolute atomic E-state index is 11.0. The molecule has 1 heterocycles. The van der Waals surface area contributed by atoms with Crippen molar-refractivity contribution < 1.29 is 4.92 Å². The molecular weight excluding hydrogens is 268 g/mol. The van der Waals surface area contributed by atoms with Gasteiger partial charge < -0.3 is 10.6 Å². The van der Waals surface area contributed by atoms with Gasteiger partial charge in [0.25, 0.3) is 5.69 Å². The van der Waals surface area contributed by atoms with E-state index in [4.69, 9.17) is 0 Å². The van der Waals surface area contributed by atoms with Crippen LogP contribution in [0.1, 0.15) is 39.5 Å². The molecule has 6 heteroatoms. The lowest BCUT2D eigenvalue weighted by molar-refractivity contribution is -0.384. The number of nitro groups is 1. The van der Waals surface area contributed by atoms with Crippen molar-refractivity contribution in [1.29, 1.82) is 0 Å². The summed E-state index contributed by atoms with van der Waals surface area (Å²) >= 11 is 0. The molecule has 2 atom stereocenters. The summed E-state index contributed by atoms with van der Waals surface area (Å²) in [7, 11) is 0. The number of rotatable bonds is 7. The minimum atomic E-state index is -0.373. The zero-order valence-electron chi connectivity index (χ0n) is 12.8. The van der Waals surface area contributed by atoms with E-state index in [0.717, 1.165) is 25.4 Å². The number of pyridine rings is 1. The lowest BCUT2D eigenvalue weighted by Crippen LogP contribution is -2.13. The van der Waals surface area contributed by atoms with Crippen LogP contribution in [-0.4, -0.2) is 23.0 Å². The van der Waals surface area contributed by atoms with Gasteiger partial charge in [0.2, 0.25) is 0 Å². The van der Waals surface area contributed by atoms with Crippen molar-refractivity contribution in [1.82, 2.24) is 4.98 Å². The smallest absolute Gasteiger partial charge is 0.276 e. The monoisotopic (exact) mass is 292 g/mol. The minimum absolute atomic E-state index is 0.0749. The second-order valence-electron chi connectivity index (χ2n) is 5.94. The Labute approximate surface area is 125 Å². The fourth-order valence-corrected chi connectivity index (χ4v) is 2.81. The van der Waals surface area contributed by atoms with Gasteiger partial charge >= 0.3 is 0 Å². The Hall–Kier alpha value is -1.85. The van der Waals surface area contributed by atoms with Crippen LogP contribution in [0.5, 0.6) is 0 Å². The van der Waals surface area contributed by atoms with E-state index >= 15 is 0 Å². The van der Waals surface area contributed by atoms with Crippen molar-refractivity contribution in [3.8, 4) is 0 Å². The van der Waals surface area contributed by atoms with Crippen LogP contribution in [-0.2, 0) is 0 Å². The molecule has 1 fully saturated rings. The van der Waals surface area contributed by atoms with Crippen LogP contribution in [0.4, 0.5) is 17.3 Å². The molecule has 0 radical (unpaired) electrons. The van der Waals surface area contributed by atoms with Gasteiger partial charge in [-0.15, -0.1) is 0 Å². The molecule has 116 valence electrons. The van der Waals surface area contributed by atoms with Crippen LogP contribution in [0.2, 0.25) is 0 Å². The van der Waals surface area contributed by atoms with Crippen molar-refractivity contribution in [2.75, 3.05) is 23.7 Å². The highest BCUT2D eigenvalue weighted by Crippen LogP contribution is 2.30. The van der Waals surface area contributed by atoms with E-state index in [9.17, 15) is 10.1 Å². The number of nitrogens with one attached hydrogen (secondary N) is 2. The molecule has 0 spiro atoms. The fourth-order valence-electron chi connectivity index (χ4n) is 2.81. The molecule has 0 aliphatic heterocycles. The summed E-state index contributed by atoms with van der Waals surface area (Å²) in [4.78, 5) is 15.0. The van der Waals surface area contributed by atoms with Gasteiger partial charge in [-0.05, 0) is 31.1 Å². The molecule has 1 saturated carbocycles. The first-order valence-corrected chi connectivity index (χ1v) is 7.72. The van der Waals surface area contributed by atoms with Crippen molar-refractivity contribution >= 4 is 17.3 Å². The molecular formula is C15H24N4O2. The van der Waals surface area contributed by atoms with E-state index in [1.165, 1.54) is 31.4 Å². The predicted molar refractivity (Wildman–Crippen MR) is 84.7 cm³/mol. The molecule has 1 aliphatic carbocycles. The van der Waals surface area contributed by atoms with E-state index in [1.54, 1.807) is 0 Å². The SMILES string of the molecule is CCCNc1cc([N+](=O)[O-])cc(NCC2CCC(C)C2)n1. The Kier molecular flexibility index (Phi) is 5.36. The van der Waals surface area contributed by atoms with Crippen LogP contribution >= 0.6 is 0 Å². The van der Waals surface area contributed by atoms with Crippen molar-refractivity contribution in [3.63, 3.8) is 0 Å². The van der Waals surface area contributed by atoms with Crippen LogP contribution in [0.25, 0.3) is 0 Å². The first-order valence-electron chi connectivity index (χ1n) is 7.72. The molecule has 2 rings (SSSR count). The molecule has 1 aromatic rings. The average molecular weight is 292 g/mol. The number of anilines is 2. The van der Waals surface area contributed by atoms with Crippen LogP contribution in [0, 0.1) is 22.0 Å². The van der Waals surface area contributed by atoms with Gasteiger partial charge in [0.15, 0.2) is 0 Å². The van der Waals surface area contributed by atoms with E-state index in [2.05, 4.69) is 22.5 Å². The molecule has 21 heavy (non-hydrogen) atoms. The Balaban J connectivity index is 2.02.